The first-order valence-corrected chi connectivity index (χ1v) is 21.2. The zero-order chi connectivity index (χ0) is 40.7. The van der Waals surface area contributed by atoms with Crippen molar-refractivity contribution in [1.82, 2.24) is 0 Å². The largest absolute Gasteiger partial charge is 0.455 e. The Morgan fingerprint density at radius 3 is 1.77 bits per heavy atom. The summed E-state index contributed by atoms with van der Waals surface area (Å²) < 4.78 is 6.93. The van der Waals surface area contributed by atoms with Gasteiger partial charge in [-0.25, -0.2) is 0 Å². The van der Waals surface area contributed by atoms with E-state index in [0.29, 0.717) is 0 Å². The molecule has 0 saturated heterocycles. The van der Waals surface area contributed by atoms with Gasteiger partial charge >= 0.3 is 0 Å². The lowest BCUT2D eigenvalue weighted by Crippen LogP contribution is -2.16. The summed E-state index contributed by atoms with van der Waals surface area (Å²) in [6.07, 6.45) is 0. The highest BCUT2D eigenvalue weighted by Crippen LogP contribution is 2.51. The fourth-order valence-corrected chi connectivity index (χ4v) is 9.89. The molecule has 61 heavy (non-hydrogen) atoms. The maximum Gasteiger partial charge on any atom is 0.143 e. The fourth-order valence-electron chi connectivity index (χ4n) is 9.89. The Morgan fingerprint density at radius 1 is 0.344 bits per heavy atom. The molecular weight excluding hydrogens is 739 g/mol. The molecule has 0 spiro atoms. The normalized spacial score (nSPS) is 12.9. The van der Waals surface area contributed by atoms with Crippen molar-refractivity contribution in [3.63, 3.8) is 0 Å². The highest BCUT2D eigenvalue weighted by molar-refractivity contribution is 6.19. The van der Waals surface area contributed by atoms with Crippen LogP contribution >= 0.6 is 0 Å². The third kappa shape index (κ3) is 5.71. The maximum atomic E-state index is 6.93. The molecule has 0 unspecified atom stereocenters. The summed E-state index contributed by atoms with van der Waals surface area (Å²) in [7, 11) is 0. The molecule has 11 aromatic rings. The minimum atomic E-state index is -0.128. The Labute approximate surface area is 355 Å². The van der Waals surface area contributed by atoms with Crippen LogP contribution in [0.1, 0.15) is 25.0 Å². The molecule has 1 aliphatic rings. The molecule has 0 N–H and O–H groups in total. The summed E-state index contributed by atoms with van der Waals surface area (Å²) in [6, 6.07) is 77.3. The summed E-state index contributed by atoms with van der Waals surface area (Å²) in [5, 5.41) is 7.00. The van der Waals surface area contributed by atoms with Crippen LogP contribution in [0.4, 0.5) is 17.1 Å². The Kier molecular flexibility index (Phi) is 7.92. The number of benzene rings is 10. The second-order valence-electron chi connectivity index (χ2n) is 16.9. The van der Waals surface area contributed by atoms with Crippen LogP contribution in [0.3, 0.4) is 0 Å². The van der Waals surface area contributed by atoms with E-state index in [2.05, 4.69) is 231 Å². The molecule has 0 bridgehead atoms. The first-order valence-electron chi connectivity index (χ1n) is 21.2. The van der Waals surface area contributed by atoms with Crippen LogP contribution in [0.2, 0.25) is 0 Å². The second kappa shape index (κ2) is 13.7. The third-order valence-corrected chi connectivity index (χ3v) is 13.1. The summed E-state index contributed by atoms with van der Waals surface area (Å²) >= 11 is 0. The van der Waals surface area contributed by atoms with Crippen molar-refractivity contribution in [2.24, 2.45) is 0 Å². The first kappa shape index (κ1) is 35.3. The van der Waals surface area contributed by atoms with E-state index in [1.54, 1.807) is 0 Å². The number of fused-ring (bicyclic) bond motifs is 9. The Bertz CT molecular complexity index is 3480. The van der Waals surface area contributed by atoms with Gasteiger partial charge in [0.25, 0.3) is 0 Å². The third-order valence-electron chi connectivity index (χ3n) is 13.1. The van der Waals surface area contributed by atoms with Gasteiger partial charge in [-0.3, -0.25) is 0 Å². The molecule has 2 nitrogen and oxygen atoms in total. The molecule has 2 heteroatoms. The van der Waals surface area contributed by atoms with Gasteiger partial charge in [-0.1, -0.05) is 172 Å². The maximum absolute atomic E-state index is 6.93. The number of anilines is 3. The minimum absolute atomic E-state index is 0.128. The molecule has 0 aliphatic heterocycles. The van der Waals surface area contributed by atoms with Gasteiger partial charge in [0.15, 0.2) is 0 Å². The summed E-state index contributed by atoms with van der Waals surface area (Å²) in [5.41, 5.74) is 17.4. The lowest BCUT2D eigenvalue weighted by Gasteiger charge is -2.28. The van der Waals surface area contributed by atoms with Gasteiger partial charge in [0, 0.05) is 44.7 Å². The van der Waals surface area contributed by atoms with Crippen molar-refractivity contribution in [2.75, 3.05) is 4.90 Å². The molecule has 0 amide bonds. The van der Waals surface area contributed by atoms with Gasteiger partial charge in [-0.15, -0.1) is 0 Å². The van der Waals surface area contributed by atoms with Crippen LogP contribution in [0.5, 0.6) is 0 Å². The van der Waals surface area contributed by atoms with Crippen molar-refractivity contribution in [3.8, 4) is 44.5 Å². The molecule has 10 aromatic carbocycles. The highest BCUT2D eigenvalue weighted by atomic mass is 16.3. The van der Waals surface area contributed by atoms with Gasteiger partial charge in [-0.2, -0.15) is 0 Å². The SMILES string of the molecule is CC1(C)c2ccccc2-c2ccc(N(c3ccc(-c4ccc5ccccc5c4)cc3)c3ccc4c(c3)oc3c5ccccc5c(-c5ccc(-c6ccccc6)cc5)cc43)cc21. The molecular formula is C59H41NO. The van der Waals surface area contributed by atoms with Gasteiger partial charge in [-0.05, 0) is 120 Å². The predicted molar refractivity (Wildman–Crippen MR) is 257 cm³/mol. The smallest absolute Gasteiger partial charge is 0.143 e. The summed E-state index contributed by atoms with van der Waals surface area (Å²) in [6.45, 7) is 4.70. The summed E-state index contributed by atoms with van der Waals surface area (Å²) in [5.74, 6) is 0. The monoisotopic (exact) mass is 779 g/mol. The molecule has 12 rings (SSSR count). The average Bonchev–Trinajstić information content (AvgIpc) is 3.80. The van der Waals surface area contributed by atoms with Crippen LogP contribution < -0.4 is 4.90 Å². The van der Waals surface area contributed by atoms with E-state index >= 15 is 0 Å². The van der Waals surface area contributed by atoms with E-state index in [9.17, 15) is 0 Å². The lowest BCUT2D eigenvalue weighted by molar-refractivity contribution is 0.660. The van der Waals surface area contributed by atoms with Crippen LogP contribution in [0.25, 0.3) is 88.0 Å². The molecule has 0 fully saturated rings. The highest BCUT2D eigenvalue weighted by Gasteiger charge is 2.35. The average molecular weight is 780 g/mol. The number of hydrogen-bond acceptors (Lipinski definition) is 2. The minimum Gasteiger partial charge on any atom is -0.455 e. The van der Waals surface area contributed by atoms with E-state index in [4.69, 9.17) is 4.42 Å². The van der Waals surface area contributed by atoms with Gasteiger partial charge in [0.05, 0.1) is 0 Å². The van der Waals surface area contributed by atoms with Gasteiger partial charge in [0.2, 0.25) is 0 Å². The van der Waals surface area contributed by atoms with Crippen LogP contribution in [-0.2, 0) is 5.41 Å². The van der Waals surface area contributed by atoms with Crippen LogP contribution in [0, 0.1) is 0 Å². The Balaban J connectivity index is 0.998. The topological polar surface area (TPSA) is 16.4 Å². The van der Waals surface area contributed by atoms with Crippen LogP contribution in [0.15, 0.2) is 217 Å². The number of furan rings is 1. The summed E-state index contributed by atoms with van der Waals surface area (Å²) in [4.78, 5) is 2.38. The molecule has 1 aliphatic carbocycles. The van der Waals surface area contributed by atoms with E-state index < -0.39 is 0 Å². The van der Waals surface area contributed by atoms with E-state index in [-0.39, 0.29) is 5.41 Å². The molecule has 0 radical (unpaired) electrons. The molecule has 1 aromatic heterocycles. The van der Waals surface area contributed by atoms with Gasteiger partial charge in [0.1, 0.15) is 11.2 Å². The zero-order valence-corrected chi connectivity index (χ0v) is 34.1. The van der Waals surface area contributed by atoms with Crippen molar-refractivity contribution < 1.29 is 4.42 Å². The van der Waals surface area contributed by atoms with E-state index in [1.807, 2.05) is 0 Å². The molecule has 288 valence electrons. The standard InChI is InChI=1S/C59H41NO/c1-59(2)55-19-11-10-17-49(55)50-32-30-46(35-56(50)59)60(45-28-26-41(27-29-45)44-25-22-39-14-6-7-15-43(39)34-44)47-31-33-51-54-37-53(42-23-20-40(21-24-42)38-12-4-3-5-13-38)48-16-8-9-18-52(48)58(54)61-57(51)36-47/h3-37H,1-2H3. The van der Waals surface area contributed by atoms with E-state index in [1.165, 1.54) is 71.8 Å². The number of hydrogen-bond donors (Lipinski definition) is 0. The Morgan fingerprint density at radius 2 is 0.934 bits per heavy atom. The van der Waals surface area contributed by atoms with E-state index in [0.717, 1.165) is 44.4 Å². The van der Waals surface area contributed by atoms with Crippen molar-refractivity contribution in [2.45, 2.75) is 19.3 Å². The second-order valence-corrected chi connectivity index (χ2v) is 16.9. The molecule has 0 atom stereocenters. The fraction of sp³-hybridized carbons (Fsp3) is 0.0508. The number of nitrogens with zero attached hydrogens (tertiary/aromatic N) is 1. The zero-order valence-electron chi connectivity index (χ0n) is 34.1. The predicted octanol–water partition coefficient (Wildman–Crippen LogP) is 16.7. The van der Waals surface area contributed by atoms with Crippen molar-refractivity contribution >= 4 is 60.5 Å². The molecule has 0 saturated carbocycles. The molecule has 1 heterocycles. The van der Waals surface area contributed by atoms with Crippen LogP contribution in [-0.4, -0.2) is 0 Å². The van der Waals surface area contributed by atoms with Gasteiger partial charge < -0.3 is 9.32 Å². The number of rotatable bonds is 6. The quantitative estimate of drug-likeness (QED) is 0.167. The first-order chi connectivity index (χ1) is 30.0. The van der Waals surface area contributed by atoms with Crippen molar-refractivity contribution in [1.29, 1.82) is 0 Å². The Hall–Kier alpha value is -7.68. The van der Waals surface area contributed by atoms with Crippen molar-refractivity contribution in [3.05, 3.63) is 223 Å². The lowest BCUT2D eigenvalue weighted by atomic mass is 9.82.